The zero-order valence-electron chi connectivity index (χ0n) is 14.2. The summed E-state index contributed by atoms with van der Waals surface area (Å²) in [4.78, 5) is 2.18. The Bertz CT molecular complexity index is 774. The van der Waals surface area contributed by atoms with Gasteiger partial charge in [0.15, 0.2) is 0 Å². The molecule has 2 nitrogen and oxygen atoms in total. The van der Waals surface area contributed by atoms with Crippen LogP contribution < -0.4 is 0 Å². The summed E-state index contributed by atoms with van der Waals surface area (Å²) in [5.74, 6) is 0. The Labute approximate surface area is 154 Å². The van der Waals surface area contributed by atoms with Gasteiger partial charge < -0.3 is 5.11 Å². The first-order valence-electron chi connectivity index (χ1n) is 8.38. The van der Waals surface area contributed by atoms with Gasteiger partial charge in [-0.25, -0.2) is 0 Å². The Balaban J connectivity index is 1.89. The molecule has 1 N–H and O–H groups in total. The first-order valence-corrected chi connectivity index (χ1v) is 8.75. The van der Waals surface area contributed by atoms with Crippen LogP contribution >= 0.6 is 11.6 Å². The van der Waals surface area contributed by atoms with E-state index in [1.165, 1.54) is 0 Å². The third-order valence-corrected chi connectivity index (χ3v) is 4.65. The molecule has 0 saturated carbocycles. The van der Waals surface area contributed by atoms with Crippen molar-refractivity contribution in [3.63, 3.8) is 0 Å². The zero-order chi connectivity index (χ0) is 17.6. The summed E-state index contributed by atoms with van der Waals surface area (Å²) in [7, 11) is 2.04. The molecule has 0 bridgehead atoms. The topological polar surface area (TPSA) is 23.5 Å². The molecule has 2 atom stereocenters. The Hall–Kier alpha value is -2.13. The molecule has 3 aromatic carbocycles. The third kappa shape index (κ3) is 4.49. The van der Waals surface area contributed by atoms with Crippen molar-refractivity contribution in [1.29, 1.82) is 0 Å². The fraction of sp³-hybridized carbons (Fsp3) is 0.182. The van der Waals surface area contributed by atoms with Crippen LogP contribution in [0.4, 0.5) is 0 Å². The van der Waals surface area contributed by atoms with Gasteiger partial charge >= 0.3 is 0 Å². The van der Waals surface area contributed by atoms with Crippen LogP contribution in [0.3, 0.4) is 0 Å². The molecule has 3 heteroatoms. The second kappa shape index (κ2) is 8.30. The van der Waals surface area contributed by atoms with Gasteiger partial charge in [0.25, 0.3) is 0 Å². The maximum Gasteiger partial charge on any atom is 0.0986 e. The standard InChI is InChI=1S/C22H22ClNO/c1-24(16-17-12-14-20(23)15-13-17)21(18-8-4-2-5-9-18)22(25)19-10-6-3-7-11-19/h2-15,21-22,25H,16H2,1H3/t21-,22+/m0/s1. The van der Waals surface area contributed by atoms with Crippen LogP contribution in [0.2, 0.25) is 5.02 Å². The molecule has 0 radical (unpaired) electrons. The minimum atomic E-state index is -0.610. The van der Waals surface area contributed by atoms with Crippen molar-refractivity contribution >= 4 is 11.6 Å². The summed E-state index contributed by atoms with van der Waals surface area (Å²) in [5, 5.41) is 11.8. The van der Waals surface area contributed by atoms with E-state index in [-0.39, 0.29) is 6.04 Å². The molecule has 128 valence electrons. The molecule has 25 heavy (non-hydrogen) atoms. The number of rotatable bonds is 6. The number of benzene rings is 3. The predicted molar refractivity (Wildman–Crippen MR) is 104 cm³/mol. The maximum atomic E-state index is 11.1. The summed E-state index contributed by atoms with van der Waals surface area (Å²) >= 11 is 5.98. The lowest BCUT2D eigenvalue weighted by Gasteiger charge is -2.33. The van der Waals surface area contributed by atoms with E-state index in [1.807, 2.05) is 79.8 Å². The highest BCUT2D eigenvalue weighted by Gasteiger charge is 2.26. The Morgan fingerprint density at radius 1 is 0.800 bits per heavy atom. The molecule has 0 aliphatic carbocycles. The Morgan fingerprint density at radius 2 is 1.32 bits per heavy atom. The van der Waals surface area contributed by atoms with Gasteiger partial charge in [-0.05, 0) is 35.9 Å². The number of hydrogen-bond donors (Lipinski definition) is 1. The number of aliphatic hydroxyl groups excluding tert-OH is 1. The van der Waals surface area contributed by atoms with E-state index in [0.29, 0.717) is 0 Å². The van der Waals surface area contributed by atoms with Crippen molar-refractivity contribution in [2.24, 2.45) is 0 Å². The van der Waals surface area contributed by atoms with Crippen molar-refractivity contribution < 1.29 is 5.11 Å². The number of aliphatic hydroxyl groups is 1. The summed E-state index contributed by atoms with van der Waals surface area (Å²) < 4.78 is 0. The molecule has 0 aliphatic heterocycles. The number of nitrogens with zero attached hydrogens (tertiary/aromatic N) is 1. The van der Waals surface area contributed by atoms with Crippen LogP contribution in [0.15, 0.2) is 84.9 Å². The van der Waals surface area contributed by atoms with Gasteiger partial charge in [0.05, 0.1) is 12.1 Å². The van der Waals surface area contributed by atoms with E-state index in [2.05, 4.69) is 17.0 Å². The molecule has 0 amide bonds. The molecule has 0 saturated heterocycles. The molecule has 0 aromatic heterocycles. The van der Waals surface area contributed by atoms with Crippen molar-refractivity contribution in [3.8, 4) is 0 Å². The number of likely N-dealkylation sites (N-methyl/N-ethyl adjacent to an activating group) is 1. The second-order valence-corrected chi connectivity index (χ2v) is 6.69. The average Bonchev–Trinajstić information content (AvgIpc) is 2.65. The van der Waals surface area contributed by atoms with Crippen molar-refractivity contribution in [2.75, 3.05) is 7.05 Å². The predicted octanol–water partition coefficient (Wildman–Crippen LogP) is 5.25. The first kappa shape index (κ1) is 17.7. The summed E-state index contributed by atoms with van der Waals surface area (Å²) in [6.07, 6.45) is -0.610. The van der Waals surface area contributed by atoms with Gasteiger partial charge in [-0.15, -0.1) is 0 Å². The normalized spacial score (nSPS) is 13.6. The van der Waals surface area contributed by atoms with Crippen LogP contribution in [-0.2, 0) is 6.54 Å². The molecule has 0 aliphatic rings. The molecule has 3 rings (SSSR count). The maximum absolute atomic E-state index is 11.1. The first-order chi connectivity index (χ1) is 12.1. The van der Waals surface area contributed by atoms with E-state index < -0.39 is 6.10 Å². The third-order valence-electron chi connectivity index (χ3n) is 4.40. The van der Waals surface area contributed by atoms with Gasteiger partial charge in [0.2, 0.25) is 0 Å². The van der Waals surface area contributed by atoms with Crippen molar-refractivity contribution in [3.05, 3.63) is 107 Å². The highest BCUT2D eigenvalue weighted by atomic mass is 35.5. The highest BCUT2D eigenvalue weighted by Crippen LogP contribution is 2.34. The van der Waals surface area contributed by atoms with Crippen LogP contribution in [0, 0.1) is 0 Å². The fourth-order valence-corrected chi connectivity index (χ4v) is 3.26. The second-order valence-electron chi connectivity index (χ2n) is 6.25. The van der Waals surface area contributed by atoms with Crippen LogP contribution in [0.1, 0.15) is 28.8 Å². The van der Waals surface area contributed by atoms with Gasteiger partial charge in [0, 0.05) is 11.6 Å². The zero-order valence-corrected chi connectivity index (χ0v) is 15.0. The minimum absolute atomic E-state index is 0.140. The lowest BCUT2D eigenvalue weighted by molar-refractivity contribution is 0.0579. The van der Waals surface area contributed by atoms with E-state index in [4.69, 9.17) is 11.6 Å². The Kier molecular flexibility index (Phi) is 5.87. The molecule has 0 heterocycles. The fourth-order valence-electron chi connectivity index (χ4n) is 3.14. The molecule has 0 fully saturated rings. The van der Waals surface area contributed by atoms with E-state index in [9.17, 15) is 5.11 Å². The van der Waals surface area contributed by atoms with Gasteiger partial charge in [-0.2, -0.15) is 0 Å². The van der Waals surface area contributed by atoms with E-state index >= 15 is 0 Å². The summed E-state index contributed by atoms with van der Waals surface area (Å²) in [5.41, 5.74) is 3.17. The lowest BCUT2D eigenvalue weighted by atomic mass is 9.94. The van der Waals surface area contributed by atoms with E-state index in [0.717, 1.165) is 28.3 Å². The largest absolute Gasteiger partial charge is 0.386 e. The number of halogens is 1. The van der Waals surface area contributed by atoms with Crippen LogP contribution in [0.25, 0.3) is 0 Å². The van der Waals surface area contributed by atoms with Gasteiger partial charge in [0.1, 0.15) is 0 Å². The van der Waals surface area contributed by atoms with Gasteiger partial charge in [-0.1, -0.05) is 84.4 Å². The van der Waals surface area contributed by atoms with Crippen LogP contribution in [-0.4, -0.2) is 17.1 Å². The molecule has 0 spiro atoms. The van der Waals surface area contributed by atoms with Crippen molar-refractivity contribution in [1.82, 2.24) is 4.90 Å². The van der Waals surface area contributed by atoms with Gasteiger partial charge in [-0.3, -0.25) is 4.90 Å². The lowest BCUT2D eigenvalue weighted by Crippen LogP contribution is -2.29. The SMILES string of the molecule is CN(Cc1ccc(Cl)cc1)[C@@H](c1ccccc1)[C@H](O)c1ccccc1. The average molecular weight is 352 g/mol. The molecule has 0 unspecified atom stereocenters. The quantitative estimate of drug-likeness (QED) is 0.656. The van der Waals surface area contributed by atoms with Crippen molar-refractivity contribution in [2.45, 2.75) is 18.7 Å². The number of hydrogen-bond acceptors (Lipinski definition) is 2. The Morgan fingerprint density at radius 3 is 1.88 bits per heavy atom. The monoisotopic (exact) mass is 351 g/mol. The molecular formula is C22H22ClNO. The molecular weight excluding hydrogens is 330 g/mol. The van der Waals surface area contributed by atoms with E-state index in [1.54, 1.807) is 0 Å². The smallest absolute Gasteiger partial charge is 0.0986 e. The van der Waals surface area contributed by atoms with Crippen LogP contribution in [0.5, 0.6) is 0 Å². The highest BCUT2D eigenvalue weighted by molar-refractivity contribution is 6.30. The summed E-state index contributed by atoms with van der Waals surface area (Å²) in [6, 6.07) is 27.7. The summed E-state index contributed by atoms with van der Waals surface area (Å²) in [6.45, 7) is 0.723. The molecule has 3 aromatic rings. The minimum Gasteiger partial charge on any atom is -0.386 e.